The molecule has 0 bridgehead atoms. The van der Waals surface area contributed by atoms with Gasteiger partial charge in [-0.3, -0.25) is 0 Å². The Hall–Kier alpha value is -1.32. The van der Waals surface area contributed by atoms with Crippen LogP contribution in [0.15, 0.2) is 40.9 Å². The Bertz CT molecular complexity index is 635. The first-order valence-corrected chi connectivity index (χ1v) is 8.01. The van der Waals surface area contributed by atoms with Crippen molar-refractivity contribution in [3.8, 4) is 11.5 Å². The van der Waals surface area contributed by atoms with E-state index in [0.717, 1.165) is 27.1 Å². The van der Waals surface area contributed by atoms with Crippen molar-refractivity contribution in [3.05, 3.63) is 57.6 Å². The van der Waals surface area contributed by atoms with Gasteiger partial charge >= 0.3 is 0 Å². The van der Waals surface area contributed by atoms with E-state index in [1.54, 1.807) is 0 Å². The highest BCUT2D eigenvalue weighted by molar-refractivity contribution is 9.10. The van der Waals surface area contributed by atoms with Gasteiger partial charge in [-0.1, -0.05) is 48.0 Å². The highest BCUT2D eigenvalue weighted by Gasteiger charge is 2.09. The summed E-state index contributed by atoms with van der Waals surface area (Å²) in [6.07, 6.45) is 0. The number of hydrogen-bond donors (Lipinski definition) is 1. The van der Waals surface area contributed by atoms with Crippen LogP contribution in [0.2, 0.25) is 0 Å². The van der Waals surface area contributed by atoms with E-state index in [9.17, 15) is 0 Å². The third kappa shape index (κ3) is 3.86. The number of benzene rings is 2. The van der Waals surface area contributed by atoms with E-state index in [-0.39, 0.29) is 6.04 Å². The average molecular weight is 348 g/mol. The summed E-state index contributed by atoms with van der Waals surface area (Å²) < 4.78 is 7.02. The van der Waals surface area contributed by atoms with Crippen molar-refractivity contribution in [1.29, 1.82) is 0 Å². The highest BCUT2D eigenvalue weighted by atomic mass is 79.9. The summed E-state index contributed by atoms with van der Waals surface area (Å²) in [7, 11) is 0. The summed E-state index contributed by atoms with van der Waals surface area (Å²) in [5.74, 6) is 2.21. The Morgan fingerprint density at radius 2 is 1.76 bits per heavy atom. The summed E-state index contributed by atoms with van der Waals surface area (Å²) in [5, 5.41) is 0. The van der Waals surface area contributed by atoms with E-state index in [1.807, 2.05) is 25.1 Å². The zero-order valence-electron chi connectivity index (χ0n) is 13.0. The third-order valence-electron chi connectivity index (χ3n) is 3.57. The fourth-order valence-electron chi connectivity index (χ4n) is 2.15. The lowest BCUT2D eigenvalue weighted by Crippen LogP contribution is -2.05. The van der Waals surface area contributed by atoms with E-state index < -0.39 is 0 Å². The molecule has 21 heavy (non-hydrogen) atoms. The molecule has 0 spiro atoms. The molecule has 0 fully saturated rings. The summed E-state index contributed by atoms with van der Waals surface area (Å²) in [6.45, 7) is 8.40. The molecule has 0 aliphatic heterocycles. The molecular weight excluding hydrogens is 326 g/mol. The van der Waals surface area contributed by atoms with E-state index in [4.69, 9.17) is 10.5 Å². The minimum atomic E-state index is -0.000528. The summed E-state index contributed by atoms with van der Waals surface area (Å²) >= 11 is 3.56. The molecule has 3 heteroatoms. The van der Waals surface area contributed by atoms with Crippen molar-refractivity contribution in [3.63, 3.8) is 0 Å². The molecule has 2 nitrogen and oxygen atoms in total. The molecule has 0 radical (unpaired) electrons. The molecule has 112 valence electrons. The standard InChI is InChI=1S/C18H22BrNO/c1-11(2)14-6-5-12(3)18(9-14)21-15-7-8-16(13(4)20)17(19)10-15/h5-11,13H,20H2,1-4H3. The Morgan fingerprint density at radius 3 is 2.33 bits per heavy atom. The largest absolute Gasteiger partial charge is 0.457 e. The maximum Gasteiger partial charge on any atom is 0.130 e. The van der Waals surface area contributed by atoms with Crippen LogP contribution in [0, 0.1) is 6.92 Å². The van der Waals surface area contributed by atoms with Crippen LogP contribution in [0.25, 0.3) is 0 Å². The first-order valence-electron chi connectivity index (χ1n) is 7.22. The number of ether oxygens (including phenoxy) is 1. The predicted molar refractivity (Wildman–Crippen MR) is 92.1 cm³/mol. The van der Waals surface area contributed by atoms with Gasteiger partial charge in [0.15, 0.2) is 0 Å². The number of hydrogen-bond acceptors (Lipinski definition) is 2. The minimum Gasteiger partial charge on any atom is -0.457 e. The van der Waals surface area contributed by atoms with E-state index in [0.29, 0.717) is 5.92 Å². The second kappa shape index (κ2) is 6.63. The number of nitrogens with two attached hydrogens (primary N) is 1. The van der Waals surface area contributed by atoms with Gasteiger partial charge in [0.1, 0.15) is 11.5 Å². The van der Waals surface area contributed by atoms with Crippen LogP contribution in [0.1, 0.15) is 49.4 Å². The topological polar surface area (TPSA) is 35.2 Å². The lowest BCUT2D eigenvalue weighted by molar-refractivity contribution is 0.477. The maximum absolute atomic E-state index is 6.04. The van der Waals surface area contributed by atoms with Crippen LogP contribution < -0.4 is 10.5 Å². The van der Waals surface area contributed by atoms with Crippen molar-refractivity contribution < 1.29 is 4.74 Å². The SMILES string of the molecule is Cc1ccc(C(C)C)cc1Oc1ccc(C(C)N)c(Br)c1. The summed E-state index contributed by atoms with van der Waals surface area (Å²) in [6, 6.07) is 12.3. The Morgan fingerprint density at radius 1 is 1.05 bits per heavy atom. The van der Waals surface area contributed by atoms with Crippen LogP contribution in [0.4, 0.5) is 0 Å². The van der Waals surface area contributed by atoms with Crippen LogP contribution in [0.5, 0.6) is 11.5 Å². The lowest BCUT2D eigenvalue weighted by atomic mass is 10.0. The number of halogens is 1. The third-order valence-corrected chi connectivity index (χ3v) is 4.26. The molecular formula is C18H22BrNO. The normalized spacial score (nSPS) is 12.5. The van der Waals surface area contributed by atoms with Gasteiger partial charge in [0.25, 0.3) is 0 Å². The second-order valence-electron chi connectivity index (χ2n) is 5.75. The molecule has 1 unspecified atom stereocenters. The average Bonchev–Trinajstić information content (AvgIpc) is 2.40. The van der Waals surface area contributed by atoms with Gasteiger partial charge in [-0.15, -0.1) is 0 Å². The van der Waals surface area contributed by atoms with Crippen LogP contribution in [0.3, 0.4) is 0 Å². The second-order valence-corrected chi connectivity index (χ2v) is 6.61. The molecule has 2 aromatic carbocycles. The van der Waals surface area contributed by atoms with Crippen molar-refractivity contribution in [1.82, 2.24) is 0 Å². The molecule has 0 aliphatic rings. The van der Waals surface area contributed by atoms with Gasteiger partial charge in [-0.25, -0.2) is 0 Å². The van der Waals surface area contributed by atoms with Crippen LogP contribution >= 0.6 is 15.9 Å². The Balaban J connectivity index is 2.30. The minimum absolute atomic E-state index is 0.000528. The van der Waals surface area contributed by atoms with Crippen molar-refractivity contribution in [2.45, 2.75) is 39.7 Å². The van der Waals surface area contributed by atoms with Gasteiger partial charge in [-0.2, -0.15) is 0 Å². The van der Waals surface area contributed by atoms with E-state index in [2.05, 4.69) is 54.9 Å². The maximum atomic E-state index is 6.04. The molecule has 0 aromatic heterocycles. The van der Waals surface area contributed by atoms with Crippen molar-refractivity contribution in [2.75, 3.05) is 0 Å². The van der Waals surface area contributed by atoms with Gasteiger partial charge in [0.2, 0.25) is 0 Å². The van der Waals surface area contributed by atoms with Gasteiger partial charge in [0.05, 0.1) is 0 Å². The molecule has 1 atom stereocenters. The van der Waals surface area contributed by atoms with Crippen molar-refractivity contribution in [2.24, 2.45) is 5.73 Å². The first kappa shape index (κ1) is 16.1. The predicted octanol–water partition coefficient (Wildman–Crippen LogP) is 5.69. The smallest absolute Gasteiger partial charge is 0.130 e. The fraction of sp³-hybridized carbons (Fsp3) is 0.333. The molecule has 0 saturated carbocycles. The quantitative estimate of drug-likeness (QED) is 0.770. The number of aryl methyl sites for hydroxylation is 1. The van der Waals surface area contributed by atoms with E-state index in [1.165, 1.54) is 5.56 Å². The summed E-state index contributed by atoms with van der Waals surface area (Å²) in [5.41, 5.74) is 9.41. The highest BCUT2D eigenvalue weighted by Crippen LogP contribution is 2.32. The Labute approximate surface area is 135 Å². The van der Waals surface area contributed by atoms with Gasteiger partial charge < -0.3 is 10.5 Å². The zero-order chi connectivity index (χ0) is 15.6. The molecule has 0 saturated heterocycles. The van der Waals surface area contributed by atoms with Crippen molar-refractivity contribution >= 4 is 15.9 Å². The Kier molecular flexibility index (Phi) is 5.07. The first-order chi connectivity index (χ1) is 9.88. The fourth-order valence-corrected chi connectivity index (χ4v) is 2.87. The molecule has 0 heterocycles. The molecule has 2 rings (SSSR count). The lowest BCUT2D eigenvalue weighted by Gasteiger charge is -2.14. The van der Waals surface area contributed by atoms with Gasteiger partial charge in [0, 0.05) is 10.5 Å². The van der Waals surface area contributed by atoms with E-state index >= 15 is 0 Å². The number of rotatable bonds is 4. The van der Waals surface area contributed by atoms with Crippen LogP contribution in [-0.4, -0.2) is 0 Å². The molecule has 0 aliphatic carbocycles. The molecule has 2 N–H and O–H groups in total. The summed E-state index contributed by atoms with van der Waals surface area (Å²) in [4.78, 5) is 0. The monoisotopic (exact) mass is 347 g/mol. The zero-order valence-corrected chi connectivity index (χ0v) is 14.6. The van der Waals surface area contributed by atoms with Gasteiger partial charge in [-0.05, 0) is 54.7 Å². The van der Waals surface area contributed by atoms with Crippen LogP contribution in [-0.2, 0) is 0 Å². The molecule has 2 aromatic rings. The molecule has 0 amide bonds.